The molecule has 2 saturated heterocycles. The van der Waals surface area contributed by atoms with E-state index in [2.05, 4.69) is 35.2 Å². The van der Waals surface area contributed by atoms with Crippen molar-refractivity contribution in [3.63, 3.8) is 0 Å². The Balaban J connectivity index is 1.38. The molecule has 0 N–H and O–H groups in total. The van der Waals surface area contributed by atoms with Crippen molar-refractivity contribution in [2.75, 3.05) is 13.6 Å². The van der Waals surface area contributed by atoms with Gasteiger partial charge in [-0.15, -0.1) is 0 Å². The van der Waals surface area contributed by atoms with Crippen LogP contribution in [-0.4, -0.2) is 41.4 Å². The highest BCUT2D eigenvalue weighted by Crippen LogP contribution is 2.42. The number of likely N-dealkylation sites (N-methyl/N-ethyl adjacent to an activating group) is 1. The van der Waals surface area contributed by atoms with Crippen LogP contribution in [0.25, 0.3) is 0 Å². The summed E-state index contributed by atoms with van der Waals surface area (Å²) in [4.78, 5) is 16.8. The first-order chi connectivity index (χ1) is 14.0. The molecule has 2 aromatic rings. The van der Waals surface area contributed by atoms with Gasteiger partial charge in [-0.25, -0.2) is 4.39 Å². The second kappa shape index (κ2) is 8.34. The number of halogens is 1. The Kier molecular flexibility index (Phi) is 5.64. The van der Waals surface area contributed by atoms with Gasteiger partial charge in [0.25, 0.3) is 0 Å². The Morgan fingerprint density at radius 1 is 1.17 bits per heavy atom. The number of rotatable bonds is 5. The summed E-state index contributed by atoms with van der Waals surface area (Å²) in [6.45, 7) is 0.558. The fraction of sp³-hybridized carbons (Fsp3) is 0.417. The topological polar surface area (TPSA) is 47.3 Å². The van der Waals surface area contributed by atoms with Gasteiger partial charge in [0.2, 0.25) is 5.91 Å². The summed E-state index contributed by atoms with van der Waals surface area (Å²) in [7, 11) is 1.71. The highest BCUT2D eigenvalue weighted by Gasteiger charge is 2.41. The average molecular weight is 391 g/mol. The van der Waals surface area contributed by atoms with Gasteiger partial charge in [-0.05, 0) is 55.4 Å². The molecule has 0 saturated carbocycles. The fourth-order valence-corrected chi connectivity index (χ4v) is 4.92. The normalized spacial score (nSPS) is 23.6. The van der Waals surface area contributed by atoms with Gasteiger partial charge >= 0.3 is 0 Å². The van der Waals surface area contributed by atoms with Crippen molar-refractivity contribution in [2.24, 2.45) is 0 Å². The molecule has 2 aliphatic rings. The highest BCUT2D eigenvalue weighted by molar-refractivity contribution is 5.78. The van der Waals surface area contributed by atoms with E-state index in [4.69, 9.17) is 5.26 Å². The summed E-state index contributed by atoms with van der Waals surface area (Å²) in [6.07, 6.45) is 4.47. The number of nitrogens with zero attached hydrogens (tertiary/aromatic N) is 3. The van der Waals surface area contributed by atoms with Crippen molar-refractivity contribution in [1.29, 1.82) is 5.26 Å². The molecule has 150 valence electrons. The van der Waals surface area contributed by atoms with Gasteiger partial charge in [-0.3, -0.25) is 9.69 Å². The van der Waals surface area contributed by atoms with Gasteiger partial charge in [0, 0.05) is 31.2 Å². The minimum absolute atomic E-state index is 0.00169. The lowest BCUT2D eigenvalue weighted by Gasteiger charge is -2.39. The highest BCUT2D eigenvalue weighted by atomic mass is 19.1. The molecule has 4 rings (SSSR count). The lowest BCUT2D eigenvalue weighted by Crippen LogP contribution is -2.47. The molecule has 5 heteroatoms. The number of fused-ring (bicyclic) bond motifs is 2. The third kappa shape index (κ3) is 4.18. The summed E-state index contributed by atoms with van der Waals surface area (Å²) < 4.78 is 14.1. The van der Waals surface area contributed by atoms with Crippen molar-refractivity contribution in [3.05, 3.63) is 71.0 Å². The lowest BCUT2D eigenvalue weighted by molar-refractivity contribution is -0.132. The van der Waals surface area contributed by atoms with Gasteiger partial charge in [0.1, 0.15) is 5.82 Å². The van der Waals surface area contributed by atoms with Crippen molar-refractivity contribution < 1.29 is 9.18 Å². The standard InChI is InChI=1S/C24H26FN3O/c1-27(15-20-11-17(14-26)7-10-23(20)25)24(29)16-28-21-8-9-22(28)13-19(12-21)18-5-3-2-4-6-18/h2-7,10-11,19,21-22H,8-9,12-13,15-16H2,1H3/t19?,21-,22+. The summed E-state index contributed by atoms with van der Waals surface area (Å²) in [5.74, 6) is 0.190. The number of carbonyl (C=O) groups excluding carboxylic acids is 1. The minimum Gasteiger partial charge on any atom is -0.340 e. The second-order valence-electron chi connectivity index (χ2n) is 8.30. The van der Waals surface area contributed by atoms with E-state index in [1.54, 1.807) is 11.9 Å². The third-order valence-corrected chi connectivity index (χ3v) is 6.48. The van der Waals surface area contributed by atoms with Crippen LogP contribution in [0.15, 0.2) is 48.5 Å². The van der Waals surface area contributed by atoms with Crippen LogP contribution >= 0.6 is 0 Å². The maximum Gasteiger partial charge on any atom is 0.236 e. The minimum atomic E-state index is -0.382. The first-order valence-electron chi connectivity index (χ1n) is 10.3. The molecule has 29 heavy (non-hydrogen) atoms. The van der Waals surface area contributed by atoms with Gasteiger partial charge in [-0.2, -0.15) is 5.26 Å². The molecule has 0 aromatic heterocycles. The molecule has 1 amide bonds. The molecule has 1 unspecified atom stereocenters. The number of nitriles is 1. The summed E-state index contributed by atoms with van der Waals surface area (Å²) >= 11 is 0. The molecule has 0 spiro atoms. The van der Waals surface area contributed by atoms with Gasteiger partial charge < -0.3 is 4.90 Å². The Bertz CT molecular complexity index is 909. The third-order valence-electron chi connectivity index (χ3n) is 6.48. The largest absolute Gasteiger partial charge is 0.340 e. The first kappa shape index (κ1) is 19.6. The average Bonchev–Trinajstić information content (AvgIpc) is 2.97. The van der Waals surface area contributed by atoms with E-state index in [1.807, 2.05) is 6.07 Å². The molecular weight excluding hydrogens is 365 g/mol. The van der Waals surface area contributed by atoms with Crippen LogP contribution in [-0.2, 0) is 11.3 Å². The predicted octanol–water partition coefficient (Wildman–Crippen LogP) is 4.07. The van der Waals surface area contributed by atoms with E-state index in [0.717, 1.165) is 25.7 Å². The quantitative estimate of drug-likeness (QED) is 0.772. The smallest absolute Gasteiger partial charge is 0.236 e. The van der Waals surface area contributed by atoms with Crippen LogP contribution in [0.1, 0.15) is 48.3 Å². The van der Waals surface area contributed by atoms with Crippen molar-refractivity contribution in [2.45, 2.75) is 50.2 Å². The fourth-order valence-electron chi connectivity index (χ4n) is 4.92. The van der Waals surface area contributed by atoms with Gasteiger partial charge in [-0.1, -0.05) is 30.3 Å². The molecule has 2 fully saturated rings. The monoisotopic (exact) mass is 391 g/mol. The second-order valence-corrected chi connectivity index (χ2v) is 8.30. The number of amides is 1. The zero-order valence-electron chi connectivity index (χ0n) is 16.7. The van der Waals surface area contributed by atoms with Crippen LogP contribution in [0.5, 0.6) is 0 Å². The Hall–Kier alpha value is -2.71. The summed E-state index contributed by atoms with van der Waals surface area (Å²) in [6, 6.07) is 17.8. The number of hydrogen-bond donors (Lipinski definition) is 0. The van der Waals surface area contributed by atoms with E-state index >= 15 is 0 Å². The van der Waals surface area contributed by atoms with E-state index in [9.17, 15) is 9.18 Å². The van der Waals surface area contributed by atoms with Crippen molar-refractivity contribution in [1.82, 2.24) is 9.80 Å². The number of hydrogen-bond acceptors (Lipinski definition) is 3. The van der Waals surface area contributed by atoms with E-state index in [0.29, 0.717) is 35.7 Å². The zero-order chi connectivity index (χ0) is 20.4. The molecule has 2 heterocycles. The molecule has 2 aliphatic heterocycles. The predicted molar refractivity (Wildman–Crippen MR) is 110 cm³/mol. The molecule has 0 radical (unpaired) electrons. The molecule has 2 aromatic carbocycles. The zero-order valence-corrected chi connectivity index (χ0v) is 16.7. The van der Waals surface area contributed by atoms with E-state index in [1.165, 1.54) is 23.8 Å². The lowest BCUT2D eigenvalue weighted by atomic mass is 9.85. The van der Waals surface area contributed by atoms with Crippen LogP contribution in [0, 0.1) is 17.1 Å². The number of benzene rings is 2. The first-order valence-corrected chi connectivity index (χ1v) is 10.3. The van der Waals surface area contributed by atoms with Gasteiger partial charge in [0.05, 0.1) is 18.2 Å². The number of carbonyl (C=O) groups is 1. The maximum atomic E-state index is 14.1. The number of piperidine rings is 1. The van der Waals surface area contributed by atoms with Crippen molar-refractivity contribution in [3.8, 4) is 6.07 Å². The molecule has 2 bridgehead atoms. The van der Waals surface area contributed by atoms with E-state index < -0.39 is 0 Å². The van der Waals surface area contributed by atoms with Crippen LogP contribution in [0.4, 0.5) is 4.39 Å². The SMILES string of the molecule is CN(Cc1cc(C#N)ccc1F)C(=O)CN1[C@@H]2CC[C@H]1CC(c1ccccc1)C2. The molecule has 0 aliphatic carbocycles. The van der Waals surface area contributed by atoms with Crippen LogP contribution < -0.4 is 0 Å². The van der Waals surface area contributed by atoms with Gasteiger partial charge in [0.15, 0.2) is 0 Å². The van der Waals surface area contributed by atoms with Crippen LogP contribution in [0.3, 0.4) is 0 Å². The Labute approximate surface area is 171 Å². The molecular formula is C24H26FN3O. The Morgan fingerprint density at radius 3 is 2.52 bits per heavy atom. The van der Waals surface area contributed by atoms with E-state index in [-0.39, 0.29) is 18.3 Å². The summed E-state index contributed by atoms with van der Waals surface area (Å²) in [5, 5.41) is 9.02. The van der Waals surface area contributed by atoms with Crippen LogP contribution in [0.2, 0.25) is 0 Å². The van der Waals surface area contributed by atoms with Crippen molar-refractivity contribution >= 4 is 5.91 Å². The summed E-state index contributed by atoms with van der Waals surface area (Å²) in [5.41, 5.74) is 2.19. The Morgan fingerprint density at radius 2 is 1.86 bits per heavy atom. The molecule has 3 atom stereocenters. The molecule has 4 nitrogen and oxygen atoms in total. The maximum absolute atomic E-state index is 14.1.